The quantitative estimate of drug-likeness (QED) is 0.414. The Kier molecular flexibility index (Phi) is 7.98. The molecule has 4 rings (SSSR count). The number of rotatable bonds is 10. The van der Waals surface area contributed by atoms with Crippen molar-refractivity contribution >= 4 is 11.8 Å². The van der Waals surface area contributed by atoms with E-state index in [9.17, 15) is 4.79 Å². The van der Waals surface area contributed by atoms with Crippen molar-refractivity contribution in [3.05, 3.63) is 78.4 Å². The first-order chi connectivity index (χ1) is 16.7. The molecule has 180 valence electrons. The van der Waals surface area contributed by atoms with Crippen LogP contribution in [0.4, 0.5) is 0 Å². The SMILES string of the molecule is C=CC[C@]1(C(=O)NN2CCCCC2)N=C(c2ccc(OCCCO)cc2)O[C@H]1c1ccccc1. The average molecular weight is 464 g/mol. The normalized spacial score (nSPS) is 22.5. The minimum absolute atomic E-state index is 0.0917. The van der Waals surface area contributed by atoms with Gasteiger partial charge in [-0.25, -0.2) is 10.0 Å². The van der Waals surface area contributed by atoms with Gasteiger partial charge in [0.15, 0.2) is 11.6 Å². The van der Waals surface area contributed by atoms with Gasteiger partial charge in [-0.1, -0.05) is 42.8 Å². The van der Waals surface area contributed by atoms with E-state index in [0.29, 0.717) is 31.1 Å². The fourth-order valence-electron chi connectivity index (χ4n) is 4.41. The fraction of sp³-hybridized carbons (Fsp3) is 0.407. The summed E-state index contributed by atoms with van der Waals surface area (Å²) in [4.78, 5) is 18.7. The molecule has 7 heteroatoms. The molecule has 1 saturated heterocycles. The van der Waals surface area contributed by atoms with Crippen molar-refractivity contribution in [2.75, 3.05) is 26.3 Å². The summed E-state index contributed by atoms with van der Waals surface area (Å²) in [6.45, 7) is 6.13. The molecule has 0 aromatic heterocycles. The number of hydrogen-bond donors (Lipinski definition) is 2. The van der Waals surface area contributed by atoms with Crippen molar-refractivity contribution in [3.63, 3.8) is 0 Å². The van der Waals surface area contributed by atoms with E-state index in [2.05, 4.69) is 12.0 Å². The molecule has 0 aliphatic carbocycles. The number of hydrazine groups is 1. The van der Waals surface area contributed by atoms with E-state index < -0.39 is 11.6 Å². The fourth-order valence-corrected chi connectivity index (χ4v) is 4.41. The van der Waals surface area contributed by atoms with Gasteiger partial charge in [0, 0.05) is 38.1 Å². The van der Waals surface area contributed by atoms with E-state index in [1.165, 1.54) is 6.42 Å². The second-order valence-corrected chi connectivity index (χ2v) is 8.68. The minimum Gasteiger partial charge on any atom is -0.494 e. The van der Waals surface area contributed by atoms with Crippen molar-refractivity contribution in [1.29, 1.82) is 0 Å². The van der Waals surface area contributed by atoms with Crippen LogP contribution >= 0.6 is 0 Å². The highest BCUT2D eigenvalue weighted by Gasteiger charge is 2.52. The van der Waals surface area contributed by atoms with E-state index in [0.717, 1.165) is 37.1 Å². The van der Waals surface area contributed by atoms with E-state index in [4.69, 9.17) is 19.6 Å². The second-order valence-electron chi connectivity index (χ2n) is 8.68. The van der Waals surface area contributed by atoms with Crippen LogP contribution in [0.2, 0.25) is 0 Å². The van der Waals surface area contributed by atoms with Crippen molar-refractivity contribution < 1.29 is 19.4 Å². The van der Waals surface area contributed by atoms with Crippen LogP contribution in [-0.4, -0.2) is 53.8 Å². The molecular weight excluding hydrogens is 430 g/mol. The Labute approximate surface area is 201 Å². The van der Waals surface area contributed by atoms with Gasteiger partial charge in [0.05, 0.1) is 6.61 Å². The summed E-state index contributed by atoms with van der Waals surface area (Å²) in [7, 11) is 0. The molecule has 34 heavy (non-hydrogen) atoms. The maximum Gasteiger partial charge on any atom is 0.266 e. The third-order valence-corrected chi connectivity index (χ3v) is 6.20. The molecule has 0 bridgehead atoms. The second kappa shape index (κ2) is 11.3. The van der Waals surface area contributed by atoms with Gasteiger partial charge in [0.2, 0.25) is 5.90 Å². The lowest BCUT2D eigenvalue weighted by Crippen LogP contribution is -2.55. The highest BCUT2D eigenvalue weighted by atomic mass is 16.5. The Hall–Kier alpha value is -3.16. The van der Waals surface area contributed by atoms with Gasteiger partial charge in [0.1, 0.15) is 5.75 Å². The van der Waals surface area contributed by atoms with Crippen LogP contribution in [-0.2, 0) is 9.53 Å². The smallest absolute Gasteiger partial charge is 0.266 e. The van der Waals surface area contributed by atoms with Gasteiger partial charge in [-0.15, -0.1) is 6.58 Å². The molecule has 7 nitrogen and oxygen atoms in total. The number of carbonyl (C=O) groups is 1. The number of hydrogen-bond acceptors (Lipinski definition) is 6. The van der Waals surface area contributed by atoms with E-state index in [-0.39, 0.29) is 12.5 Å². The van der Waals surface area contributed by atoms with Crippen molar-refractivity contribution in [2.45, 2.75) is 43.7 Å². The zero-order chi connectivity index (χ0) is 23.8. The van der Waals surface area contributed by atoms with Gasteiger partial charge < -0.3 is 14.6 Å². The summed E-state index contributed by atoms with van der Waals surface area (Å²) < 4.78 is 12.0. The minimum atomic E-state index is -1.16. The van der Waals surface area contributed by atoms with Crippen LogP contribution in [0.25, 0.3) is 0 Å². The summed E-state index contributed by atoms with van der Waals surface area (Å²) in [6, 6.07) is 17.2. The lowest BCUT2D eigenvalue weighted by molar-refractivity contribution is -0.134. The summed E-state index contributed by atoms with van der Waals surface area (Å²) in [6.07, 6.45) is 5.39. The van der Waals surface area contributed by atoms with Gasteiger partial charge >= 0.3 is 0 Å². The van der Waals surface area contributed by atoms with E-state index >= 15 is 0 Å². The van der Waals surface area contributed by atoms with Gasteiger partial charge in [-0.2, -0.15) is 0 Å². The number of nitrogens with one attached hydrogen (secondary N) is 1. The first kappa shape index (κ1) is 24.0. The maximum absolute atomic E-state index is 13.8. The highest BCUT2D eigenvalue weighted by molar-refractivity contribution is 6.01. The number of carbonyl (C=O) groups excluding carboxylic acids is 1. The number of piperidine rings is 1. The monoisotopic (exact) mass is 463 g/mol. The molecule has 2 N–H and O–H groups in total. The molecule has 0 radical (unpaired) electrons. The Balaban J connectivity index is 1.64. The third-order valence-electron chi connectivity index (χ3n) is 6.20. The molecule has 2 heterocycles. The molecule has 1 amide bonds. The Morgan fingerprint density at radius 2 is 1.91 bits per heavy atom. The molecule has 0 saturated carbocycles. The molecule has 1 fully saturated rings. The average Bonchev–Trinajstić information content (AvgIpc) is 3.27. The number of amides is 1. The summed E-state index contributed by atoms with van der Waals surface area (Å²) in [5.74, 6) is 0.948. The molecule has 2 atom stereocenters. The van der Waals surface area contributed by atoms with Crippen LogP contribution in [0, 0.1) is 0 Å². The highest BCUT2D eigenvalue weighted by Crippen LogP contribution is 2.42. The topological polar surface area (TPSA) is 83.4 Å². The lowest BCUT2D eigenvalue weighted by atomic mass is 9.84. The molecule has 2 aliphatic rings. The first-order valence-corrected chi connectivity index (χ1v) is 12.0. The van der Waals surface area contributed by atoms with E-state index in [1.807, 2.05) is 59.6 Å². The molecule has 2 aliphatic heterocycles. The number of benzene rings is 2. The molecule has 0 unspecified atom stereocenters. The van der Waals surface area contributed by atoms with Crippen LogP contribution < -0.4 is 10.2 Å². The molecule has 0 spiro atoms. The molecule has 2 aromatic rings. The number of aliphatic hydroxyl groups excluding tert-OH is 1. The summed E-state index contributed by atoms with van der Waals surface area (Å²) in [5.41, 5.74) is 3.61. The predicted octanol–water partition coefficient (Wildman–Crippen LogP) is 3.80. The van der Waals surface area contributed by atoms with Crippen LogP contribution in [0.1, 0.15) is 49.3 Å². The van der Waals surface area contributed by atoms with Gasteiger partial charge in [0.25, 0.3) is 5.91 Å². The van der Waals surface area contributed by atoms with Crippen molar-refractivity contribution in [2.24, 2.45) is 4.99 Å². The molecule has 2 aromatic carbocycles. The number of aliphatic hydroxyl groups is 1. The Morgan fingerprint density at radius 3 is 2.59 bits per heavy atom. The van der Waals surface area contributed by atoms with Crippen LogP contribution in [0.5, 0.6) is 5.75 Å². The summed E-state index contributed by atoms with van der Waals surface area (Å²) in [5, 5.41) is 10.9. The Morgan fingerprint density at radius 1 is 1.18 bits per heavy atom. The summed E-state index contributed by atoms with van der Waals surface area (Å²) >= 11 is 0. The van der Waals surface area contributed by atoms with Gasteiger partial charge in [-0.3, -0.25) is 10.2 Å². The third kappa shape index (κ3) is 5.32. The van der Waals surface area contributed by atoms with Crippen LogP contribution in [0.15, 0.2) is 72.2 Å². The lowest BCUT2D eigenvalue weighted by Gasteiger charge is -2.34. The van der Waals surface area contributed by atoms with E-state index in [1.54, 1.807) is 6.08 Å². The van der Waals surface area contributed by atoms with Crippen molar-refractivity contribution in [3.8, 4) is 5.75 Å². The zero-order valence-electron chi connectivity index (χ0n) is 19.5. The number of nitrogens with zero attached hydrogens (tertiary/aromatic N) is 2. The first-order valence-electron chi connectivity index (χ1n) is 12.0. The molecular formula is C27H33N3O4. The Bertz CT molecular complexity index is 987. The number of aliphatic imine (C=N–C) groups is 1. The van der Waals surface area contributed by atoms with Gasteiger partial charge in [-0.05, 0) is 42.7 Å². The predicted molar refractivity (Wildman–Crippen MR) is 132 cm³/mol. The number of ether oxygens (including phenoxy) is 2. The zero-order valence-corrected chi connectivity index (χ0v) is 19.5. The van der Waals surface area contributed by atoms with Crippen molar-refractivity contribution in [1.82, 2.24) is 10.4 Å². The largest absolute Gasteiger partial charge is 0.494 e. The maximum atomic E-state index is 13.8. The standard InChI is InChI=1S/C27H33N3O4/c1-2-16-27(26(32)29-30-17-7-4-8-18-30)24(21-10-5-3-6-11-21)34-25(28-27)22-12-14-23(15-13-22)33-20-9-19-31/h2-3,5-6,10-15,24,31H,1,4,7-9,16-20H2,(H,29,32)/t24-,27-/m0/s1. The van der Waals surface area contributed by atoms with Crippen LogP contribution in [0.3, 0.4) is 0 Å².